The number of carbonyl (C=O) groups is 1. The van der Waals surface area contributed by atoms with Crippen LogP contribution in [0.25, 0.3) is 0 Å². The Labute approximate surface area is 156 Å². The molecule has 0 bridgehead atoms. The molecule has 130 valence electrons. The summed E-state index contributed by atoms with van der Waals surface area (Å²) >= 11 is 11.9. The van der Waals surface area contributed by atoms with Gasteiger partial charge < -0.3 is 9.64 Å². The Morgan fingerprint density at radius 1 is 1.32 bits per heavy atom. The molecule has 1 heterocycles. The number of hydrogen-bond donors (Lipinski definition) is 0. The number of hydrogen-bond acceptors (Lipinski definition) is 4. The maximum absolute atomic E-state index is 12.7. The lowest BCUT2D eigenvalue weighted by molar-refractivity contribution is -0.138. The van der Waals surface area contributed by atoms with Crippen molar-refractivity contribution in [1.29, 1.82) is 5.26 Å². The number of carbonyl (C=O) groups excluding carboxylic acids is 1. The standard InChI is InChI=1S/C18H17Cl2N3O2/c1-13(25-17-10-14(19)9-15(20)11-17)18(24)23(8-4-6-21)12-16-5-2-3-7-22-16/h2-3,5,7,9-11,13H,4,8,12H2,1H3. The molecule has 0 aliphatic heterocycles. The first kappa shape index (κ1) is 19.0. The van der Waals surface area contributed by atoms with Crippen LogP contribution in [0.3, 0.4) is 0 Å². The Bertz CT molecular complexity index is 742. The molecule has 1 atom stereocenters. The van der Waals surface area contributed by atoms with Gasteiger partial charge in [-0.25, -0.2) is 0 Å². The highest BCUT2D eigenvalue weighted by atomic mass is 35.5. The van der Waals surface area contributed by atoms with E-state index in [1.165, 1.54) is 0 Å². The van der Waals surface area contributed by atoms with E-state index in [1.54, 1.807) is 42.3 Å². The van der Waals surface area contributed by atoms with Gasteiger partial charge in [-0.15, -0.1) is 0 Å². The first-order valence-electron chi connectivity index (χ1n) is 7.68. The van der Waals surface area contributed by atoms with Crippen LogP contribution in [0.2, 0.25) is 10.0 Å². The van der Waals surface area contributed by atoms with Gasteiger partial charge in [-0.1, -0.05) is 29.3 Å². The second-order valence-electron chi connectivity index (χ2n) is 5.35. The average Bonchev–Trinajstić information content (AvgIpc) is 2.58. The number of benzene rings is 1. The first-order chi connectivity index (χ1) is 12.0. The Morgan fingerprint density at radius 2 is 2.04 bits per heavy atom. The lowest BCUT2D eigenvalue weighted by Gasteiger charge is -2.25. The van der Waals surface area contributed by atoms with E-state index in [1.807, 2.05) is 12.1 Å². The van der Waals surface area contributed by atoms with Crippen molar-refractivity contribution >= 4 is 29.1 Å². The summed E-state index contributed by atoms with van der Waals surface area (Å²) in [6, 6.07) is 12.3. The van der Waals surface area contributed by atoms with Crippen LogP contribution in [-0.4, -0.2) is 28.4 Å². The van der Waals surface area contributed by atoms with Crippen molar-refractivity contribution < 1.29 is 9.53 Å². The lowest BCUT2D eigenvalue weighted by atomic mass is 10.2. The summed E-state index contributed by atoms with van der Waals surface area (Å²) in [4.78, 5) is 18.5. The Hall–Kier alpha value is -2.29. The minimum Gasteiger partial charge on any atom is -0.481 e. The van der Waals surface area contributed by atoms with Crippen molar-refractivity contribution in [3.05, 3.63) is 58.3 Å². The van der Waals surface area contributed by atoms with Crippen molar-refractivity contribution in [1.82, 2.24) is 9.88 Å². The monoisotopic (exact) mass is 377 g/mol. The van der Waals surface area contributed by atoms with Gasteiger partial charge in [0.2, 0.25) is 0 Å². The lowest BCUT2D eigenvalue weighted by Crippen LogP contribution is -2.40. The minimum atomic E-state index is -0.753. The molecule has 0 aliphatic carbocycles. The minimum absolute atomic E-state index is 0.230. The molecule has 2 aromatic rings. The Kier molecular flexibility index (Phi) is 7.05. The van der Waals surface area contributed by atoms with E-state index in [0.717, 1.165) is 5.69 Å². The summed E-state index contributed by atoms with van der Waals surface area (Å²) in [6.45, 7) is 2.26. The van der Waals surface area contributed by atoms with Gasteiger partial charge in [-0.05, 0) is 37.3 Å². The van der Waals surface area contributed by atoms with Crippen LogP contribution in [0.1, 0.15) is 19.0 Å². The molecule has 0 N–H and O–H groups in total. The van der Waals surface area contributed by atoms with Gasteiger partial charge >= 0.3 is 0 Å². The van der Waals surface area contributed by atoms with Crippen molar-refractivity contribution in [3.8, 4) is 11.8 Å². The summed E-state index contributed by atoms with van der Waals surface area (Å²) in [6.07, 6.45) is 1.14. The van der Waals surface area contributed by atoms with E-state index in [4.69, 9.17) is 33.2 Å². The average molecular weight is 378 g/mol. The van der Waals surface area contributed by atoms with Crippen LogP contribution >= 0.6 is 23.2 Å². The van der Waals surface area contributed by atoms with Gasteiger partial charge in [0, 0.05) is 22.8 Å². The van der Waals surface area contributed by atoms with Crippen molar-refractivity contribution in [2.24, 2.45) is 0 Å². The van der Waals surface area contributed by atoms with Crippen LogP contribution in [-0.2, 0) is 11.3 Å². The zero-order valence-corrected chi connectivity index (χ0v) is 15.2. The van der Waals surface area contributed by atoms with Gasteiger partial charge in [0.25, 0.3) is 5.91 Å². The number of aromatic nitrogens is 1. The molecule has 1 unspecified atom stereocenters. The normalized spacial score (nSPS) is 11.4. The van der Waals surface area contributed by atoms with Gasteiger partial charge in [0.15, 0.2) is 6.10 Å². The summed E-state index contributed by atoms with van der Waals surface area (Å²) in [5.74, 6) is 0.174. The van der Waals surface area contributed by atoms with Gasteiger partial charge in [-0.2, -0.15) is 5.26 Å². The molecule has 0 spiro atoms. The predicted octanol–water partition coefficient (Wildman–Crippen LogP) is 4.10. The molecule has 0 saturated heterocycles. The van der Waals surface area contributed by atoms with E-state index >= 15 is 0 Å². The number of ether oxygens (including phenoxy) is 1. The molecule has 0 aliphatic rings. The number of halogens is 2. The zero-order valence-electron chi connectivity index (χ0n) is 13.7. The molecule has 1 aromatic heterocycles. The molecule has 0 radical (unpaired) electrons. The largest absolute Gasteiger partial charge is 0.481 e. The van der Waals surface area contributed by atoms with Crippen LogP contribution < -0.4 is 4.74 Å². The van der Waals surface area contributed by atoms with Crippen molar-refractivity contribution in [2.75, 3.05) is 6.54 Å². The van der Waals surface area contributed by atoms with E-state index in [9.17, 15) is 4.79 Å². The third-order valence-electron chi connectivity index (χ3n) is 3.38. The molecular weight excluding hydrogens is 361 g/mol. The Morgan fingerprint density at radius 3 is 2.64 bits per heavy atom. The second kappa shape index (κ2) is 9.26. The maximum atomic E-state index is 12.7. The van der Waals surface area contributed by atoms with Crippen LogP contribution in [0.4, 0.5) is 0 Å². The number of amides is 1. The second-order valence-corrected chi connectivity index (χ2v) is 6.23. The highest BCUT2D eigenvalue weighted by Gasteiger charge is 2.22. The summed E-state index contributed by atoms with van der Waals surface area (Å²) in [7, 11) is 0. The van der Waals surface area contributed by atoms with E-state index in [-0.39, 0.29) is 12.3 Å². The number of pyridine rings is 1. The first-order valence-corrected chi connectivity index (χ1v) is 8.43. The third kappa shape index (κ3) is 5.93. The van der Waals surface area contributed by atoms with Gasteiger partial charge in [-0.3, -0.25) is 9.78 Å². The molecule has 7 heteroatoms. The molecular formula is C18H17Cl2N3O2. The fraction of sp³-hybridized carbons (Fsp3) is 0.278. The highest BCUT2D eigenvalue weighted by molar-refractivity contribution is 6.34. The molecule has 1 amide bonds. The van der Waals surface area contributed by atoms with E-state index < -0.39 is 6.10 Å². The molecule has 1 aromatic carbocycles. The van der Waals surface area contributed by atoms with Crippen LogP contribution in [0.5, 0.6) is 5.75 Å². The zero-order chi connectivity index (χ0) is 18.2. The summed E-state index contributed by atoms with van der Waals surface area (Å²) in [5.41, 5.74) is 0.742. The highest BCUT2D eigenvalue weighted by Crippen LogP contribution is 2.25. The molecule has 2 rings (SSSR count). The molecule has 25 heavy (non-hydrogen) atoms. The van der Waals surface area contributed by atoms with Crippen LogP contribution in [0.15, 0.2) is 42.6 Å². The smallest absolute Gasteiger partial charge is 0.263 e. The SMILES string of the molecule is CC(Oc1cc(Cl)cc(Cl)c1)C(=O)N(CCC#N)Cc1ccccn1. The van der Waals surface area contributed by atoms with Crippen molar-refractivity contribution in [2.45, 2.75) is 26.0 Å². The number of nitriles is 1. The summed E-state index contributed by atoms with van der Waals surface area (Å²) in [5, 5.41) is 9.69. The quantitative estimate of drug-likeness (QED) is 0.728. The summed E-state index contributed by atoms with van der Waals surface area (Å²) < 4.78 is 5.67. The van der Waals surface area contributed by atoms with Crippen molar-refractivity contribution in [3.63, 3.8) is 0 Å². The Balaban J connectivity index is 2.09. The molecule has 5 nitrogen and oxygen atoms in total. The van der Waals surface area contributed by atoms with Gasteiger partial charge in [0.05, 0.1) is 24.7 Å². The fourth-order valence-electron chi connectivity index (χ4n) is 2.25. The topological polar surface area (TPSA) is 66.2 Å². The van der Waals surface area contributed by atoms with Crippen LogP contribution in [0, 0.1) is 11.3 Å². The van der Waals surface area contributed by atoms with Gasteiger partial charge in [0.1, 0.15) is 5.75 Å². The van der Waals surface area contributed by atoms with E-state index in [0.29, 0.717) is 28.9 Å². The number of nitrogens with zero attached hydrogens (tertiary/aromatic N) is 3. The van der Waals surface area contributed by atoms with E-state index in [2.05, 4.69) is 11.1 Å². The predicted molar refractivity (Wildman–Crippen MR) is 96.4 cm³/mol. The maximum Gasteiger partial charge on any atom is 0.263 e. The third-order valence-corrected chi connectivity index (χ3v) is 3.82. The fourth-order valence-corrected chi connectivity index (χ4v) is 2.75. The molecule has 0 fully saturated rings. The molecule has 0 saturated carbocycles. The number of rotatable bonds is 7.